The van der Waals surface area contributed by atoms with Gasteiger partial charge in [0.15, 0.2) is 4.34 Å². The Morgan fingerprint density at radius 3 is 2.78 bits per heavy atom. The van der Waals surface area contributed by atoms with Crippen molar-refractivity contribution >= 4 is 51.6 Å². The molecule has 0 saturated heterocycles. The van der Waals surface area contributed by atoms with Gasteiger partial charge in [-0.2, -0.15) is 0 Å². The summed E-state index contributed by atoms with van der Waals surface area (Å²) in [6.07, 6.45) is 0. The monoisotopic (exact) mass is 370 g/mol. The van der Waals surface area contributed by atoms with Crippen LogP contribution in [0.2, 0.25) is 5.02 Å². The van der Waals surface area contributed by atoms with Gasteiger partial charge in [0.05, 0.1) is 10.6 Å². The van der Waals surface area contributed by atoms with Crippen LogP contribution in [-0.2, 0) is 4.79 Å². The fourth-order valence-corrected chi connectivity index (χ4v) is 3.51. The summed E-state index contributed by atoms with van der Waals surface area (Å²) in [7, 11) is 0. The summed E-state index contributed by atoms with van der Waals surface area (Å²) in [4.78, 5) is 24.2. The maximum atomic E-state index is 12.1. The van der Waals surface area contributed by atoms with Gasteiger partial charge in [-0.05, 0) is 24.8 Å². The Labute approximate surface area is 147 Å². The van der Waals surface area contributed by atoms with Crippen molar-refractivity contribution in [2.75, 3.05) is 11.1 Å². The molecule has 0 spiro atoms. The van der Waals surface area contributed by atoms with Crippen LogP contribution in [0.15, 0.2) is 28.6 Å². The predicted molar refractivity (Wildman–Crippen MR) is 93.3 cm³/mol. The minimum Gasteiger partial charge on any atom is -0.340 e. The topological polar surface area (TPSA) is 84.0 Å². The van der Waals surface area contributed by atoms with Crippen molar-refractivity contribution in [2.45, 2.75) is 24.2 Å². The van der Waals surface area contributed by atoms with Crippen LogP contribution in [-0.4, -0.2) is 33.8 Å². The molecule has 0 aliphatic carbocycles. The molecule has 0 aliphatic rings. The Morgan fingerprint density at radius 1 is 1.35 bits per heavy atom. The largest absolute Gasteiger partial charge is 0.340 e. The van der Waals surface area contributed by atoms with Gasteiger partial charge >= 0.3 is 0 Å². The minimum atomic E-state index is -0.732. The Bertz CT molecular complexity index is 708. The Balaban J connectivity index is 1.94. The summed E-state index contributed by atoms with van der Waals surface area (Å²) in [5.41, 5.74) is 0.325. The molecule has 2 aromatic rings. The number of carbonyl (C=O) groups is 2. The molecular weight excluding hydrogens is 356 g/mol. The predicted octanol–water partition coefficient (Wildman–Crippen LogP) is 3.06. The number of halogens is 1. The van der Waals surface area contributed by atoms with Gasteiger partial charge in [0.2, 0.25) is 11.0 Å². The molecule has 23 heavy (non-hydrogen) atoms. The van der Waals surface area contributed by atoms with Crippen LogP contribution in [0.25, 0.3) is 0 Å². The molecule has 1 atom stereocenters. The quantitative estimate of drug-likeness (QED) is 0.603. The zero-order valence-electron chi connectivity index (χ0n) is 12.5. The van der Waals surface area contributed by atoms with E-state index in [1.807, 2.05) is 6.92 Å². The van der Waals surface area contributed by atoms with Gasteiger partial charge in [-0.3, -0.25) is 14.9 Å². The van der Waals surface area contributed by atoms with Gasteiger partial charge in [-0.1, -0.05) is 53.8 Å². The lowest BCUT2D eigenvalue weighted by Crippen LogP contribution is -2.41. The van der Waals surface area contributed by atoms with Crippen LogP contribution in [0.3, 0.4) is 0 Å². The highest BCUT2D eigenvalue weighted by Crippen LogP contribution is 2.25. The number of carbonyl (C=O) groups excluding carboxylic acids is 2. The lowest BCUT2D eigenvalue weighted by Gasteiger charge is -2.13. The number of benzene rings is 1. The second-order valence-corrected chi connectivity index (χ2v) is 7.37. The highest BCUT2D eigenvalue weighted by Gasteiger charge is 2.19. The first-order valence-corrected chi connectivity index (χ1v) is 9.01. The van der Waals surface area contributed by atoms with Crippen molar-refractivity contribution < 1.29 is 9.59 Å². The van der Waals surface area contributed by atoms with Gasteiger partial charge in [0, 0.05) is 0 Å². The number of nitrogens with zero attached hydrogens (tertiary/aromatic N) is 2. The van der Waals surface area contributed by atoms with Crippen molar-refractivity contribution in [2.24, 2.45) is 0 Å². The van der Waals surface area contributed by atoms with Crippen LogP contribution in [0, 0.1) is 0 Å². The molecule has 1 aromatic heterocycles. The molecule has 0 radical (unpaired) electrons. The van der Waals surface area contributed by atoms with E-state index in [4.69, 9.17) is 11.6 Å². The first-order valence-electron chi connectivity index (χ1n) is 6.83. The zero-order chi connectivity index (χ0) is 16.8. The normalized spacial score (nSPS) is 11.8. The van der Waals surface area contributed by atoms with Gasteiger partial charge in [0.25, 0.3) is 5.91 Å². The smallest absolute Gasteiger partial charge is 0.253 e. The average Bonchev–Trinajstić information content (AvgIpc) is 2.95. The molecule has 6 nitrogen and oxygen atoms in total. The Kier molecular flexibility index (Phi) is 6.37. The summed E-state index contributed by atoms with van der Waals surface area (Å²) in [6.45, 7) is 3.60. The molecule has 9 heteroatoms. The molecule has 122 valence electrons. The number of amides is 2. The fraction of sp³-hybridized carbons (Fsp3) is 0.286. The summed E-state index contributed by atoms with van der Waals surface area (Å²) < 4.78 is 0.788. The molecule has 2 N–H and O–H groups in total. The van der Waals surface area contributed by atoms with Crippen molar-refractivity contribution in [1.29, 1.82) is 0 Å². The number of thioether (sulfide) groups is 1. The number of rotatable bonds is 6. The average molecular weight is 371 g/mol. The number of hydrogen-bond donors (Lipinski definition) is 2. The van der Waals surface area contributed by atoms with E-state index >= 15 is 0 Å². The van der Waals surface area contributed by atoms with Gasteiger partial charge in [-0.15, -0.1) is 10.2 Å². The Hall–Kier alpha value is -1.64. The van der Waals surface area contributed by atoms with E-state index in [9.17, 15) is 9.59 Å². The highest BCUT2D eigenvalue weighted by molar-refractivity contribution is 8.01. The number of nitrogens with one attached hydrogen (secondary N) is 2. The molecule has 0 unspecified atom stereocenters. The van der Waals surface area contributed by atoms with Gasteiger partial charge in [-0.25, -0.2) is 0 Å². The number of anilines is 1. The molecular formula is C14H15ClN4O2S2. The van der Waals surface area contributed by atoms with E-state index in [0.717, 1.165) is 10.1 Å². The van der Waals surface area contributed by atoms with E-state index in [-0.39, 0.29) is 5.91 Å². The first kappa shape index (κ1) is 17.7. The minimum absolute atomic E-state index is 0.325. The fourth-order valence-electron chi connectivity index (χ4n) is 1.64. The molecule has 0 fully saturated rings. The molecule has 0 aliphatic heterocycles. The number of hydrogen-bond acceptors (Lipinski definition) is 6. The van der Waals surface area contributed by atoms with Crippen LogP contribution >= 0.6 is 34.7 Å². The maximum absolute atomic E-state index is 12.1. The van der Waals surface area contributed by atoms with Crippen LogP contribution in [0.1, 0.15) is 24.2 Å². The third-order valence-corrected chi connectivity index (χ3v) is 4.95. The summed E-state index contributed by atoms with van der Waals surface area (Å²) >= 11 is 8.81. The van der Waals surface area contributed by atoms with E-state index in [1.165, 1.54) is 11.3 Å². The van der Waals surface area contributed by atoms with Gasteiger partial charge < -0.3 is 5.32 Å². The van der Waals surface area contributed by atoms with Crippen molar-refractivity contribution in [3.05, 3.63) is 34.9 Å². The number of aromatic nitrogens is 2. The summed E-state index contributed by atoms with van der Waals surface area (Å²) in [5, 5.41) is 13.8. The van der Waals surface area contributed by atoms with Gasteiger partial charge in [0.1, 0.15) is 6.04 Å². The second kappa shape index (κ2) is 8.28. The third-order valence-electron chi connectivity index (χ3n) is 2.76. The van der Waals surface area contributed by atoms with Crippen LogP contribution < -0.4 is 10.6 Å². The molecule has 1 aromatic carbocycles. The van der Waals surface area contributed by atoms with Crippen LogP contribution in [0.5, 0.6) is 0 Å². The first-order chi connectivity index (χ1) is 11.0. The molecule has 1 heterocycles. The summed E-state index contributed by atoms with van der Waals surface area (Å²) in [6, 6.07) is 5.93. The molecule has 2 amide bonds. The maximum Gasteiger partial charge on any atom is 0.253 e. The van der Waals surface area contributed by atoms with Crippen molar-refractivity contribution in [3.8, 4) is 0 Å². The molecule has 0 bridgehead atoms. The molecule has 2 rings (SSSR count). The SMILES string of the molecule is CCSc1nnc(NC(=O)[C@H](C)NC(=O)c2ccccc2Cl)s1. The second-order valence-electron chi connectivity index (χ2n) is 4.47. The Morgan fingerprint density at radius 2 is 2.09 bits per heavy atom. The highest BCUT2D eigenvalue weighted by atomic mass is 35.5. The van der Waals surface area contributed by atoms with E-state index in [1.54, 1.807) is 43.0 Å². The van der Waals surface area contributed by atoms with E-state index in [0.29, 0.717) is 15.7 Å². The van der Waals surface area contributed by atoms with Crippen molar-refractivity contribution in [1.82, 2.24) is 15.5 Å². The summed E-state index contributed by atoms with van der Waals surface area (Å²) in [5.74, 6) is 0.111. The zero-order valence-corrected chi connectivity index (χ0v) is 14.9. The standard InChI is InChI=1S/C14H15ClN4O2S2/c1-3-22-14-19-18-13(23-14)17-11(20)8(2)16-12(21)9-6-4-5-7-10(9)15/h4-8H,3H2,1-2H3,(H,16,21)(H,17,18,20)/t8-/m0/s1. The molecule has 0 saturated carbocycles. The van der Waals surface area contributed by atoms with E-state index in [2.05, 4.69) is 20.8 Å². The third kappa shape index (κ3) is 4.92. The lowest BCUT2D eigenvalue weighted by atomic mass is 10.2. The lowest BCUT2D eigenvalue weighted by molar-refractivity contribution is -0.117. The van der Waals surface area contributed by atoms with E-state index < -0.39 is 11.9 Å². The van der Waals surface area contributed by atoms with Crippen LogP contribution in [0.4, 0.5) is 5.13 Å². The van der Waals surface area contributed by atoms with Crippen molar-refractivity contribution in [3.63, 3.8) is 0 Å².